The van der Waals surface area contributed by atoms with Gasteiger partial charge in [-0.25, -0.2) is 13.1 Å². The van der Waals surface area contributed by atoms with E-state index < -0.39 is 10.0 Å². The first-order valence-corrected chi connectivity index (χ1v) is 9.56. The second-order valence-corrected chi connectivity index (χ2v) is 8.64. The fraction of sp³-hybridized carbons (Fsp3) is 0.600. The first-order valence-electron chi connectivity index (χ1n) is 7.28. The first-order chi connectivity index (χ1) is 9.86. The van der Waals surface area contributed by atoms with Crippen molar-refractivity contribution in [3.63, 3.8) is 0 Å². The molecule has 118 valence electrons. The Balaban J connectivity index is 2.13. The molecule has 0 heterocycles. The zero-order valence-electron chi connectivity index (χ0n) is 12.6. The number of nitrogens with one attached hydrogen (secondary N) is 1. The summed E-state index contributed by atoms with van der Waals surface area (Å²) in [5.41, 5.74) is -0.0582. The molecule has 0 saturated heterocycles. The molecule has 2 rings (SSSR count). The molecule has 0 aliphatic heterocycles. The highest BCUT2D eigenvalue weighted by atomic mass is 79.9. The number of hydrogen-bond acceptors (Lipinski definition) is 3. The lowest BCUT2D eigenvalue weighted by molar-refractivity contribution is 0.105. The van der Waals surface area contributed by atoms with Crippen LogP contribution in [0, 0.1) is 0 Å². The predicted octanol–water partition coefficient (Wildman–Crippen LogP) is 2.99. The minimum atomic E-state index is -3.46. The summed E-state index contributed by atoms with van der Waals surface area (Å²) in [6.45, 7) is 0.467. The molecule has 0 spiro atoms. The normalized spacial score (nSPS) is 18.9. The van der Waals surface area contributed by atoms with Crippen molar-refractivity contribution < 1.29 is 8.42 Å². The second-order valence-electron chi connectivity index (χ2n) is 5.96. The minimum absolute atomic E-state index is 0.0582. The van der Waals surface area contributed by atoms with E-state index in [-0.39, 0.29) is 5.54 Å². The summed E-state index contributed by atoms with van der Waals surface area (Å²) in [4.78, 5) is 2.48. The highest BCUT2D eigenvalue weighted by Crippen LogP contribution is 2.32. The van der Waals surface area contributed by atoms with E-state index >= 15 is 0 Å². The predicted molar refractivity (Wildman–Crippen MR) is 88.8 cm³/mol. The molecule has 0 amide bonds. The summed E-state index contributed by atoms with van der Waals surface area (Å²) in [7, 11) is 0.620. The summed E-state index contributed by atoms with van der Waals surface area (Å²) in [5, 5.41) is 0. The SMILES string of the molecule is CN(C)C1(CNS(=O)(=O)c2cccc(Br)c2)CCCCC1. The maximum absolute atomic E-state index is 12.4. The molecule has 1 aromatic carbocycles. The quantitative estimate of drug-likeness (QED) is 0.861. The van der Waals surface area contributed by atoms with Gasteiger partial charge in [-0.2, -0.15) is 0 Å². The Labute approximate surface area is 136 Å². The van der Waals surface area contributed by atoms with Gasteiger partial charge in [0.2, 0.25) is 10.0 Å². The van der Waals surface area contributed by atoms with Gasteiger partial charge in [0, 0.05) is 16.6 Å². The third-order valence-electron chi connectivity index (χ3n) is 4.43. The molecule has 0 aromatic heterocycles. The van der Waals surface area contributed by atoms with Gasteiger partial charge >= 0.3 is 0 Å². The van der Waals surface area contributed by atoms with Crippen molar-refractivity contribution in [2.75, 3.05) is 20.6 Å². The lowest BCUT2D eigenvalue weighted by atomic mass is 9.81. The van der Waals surface area contributed by atoms with Crippen LogP contribution in [0.1, 0.15) is 32.1 Å². The number of likely N-dealkylation sites (N-methyl/N-ethyl adjacent to an activating group) is 1. The Bertz CT molecular complexity index is 581. The van der Waals surface area contributed by atoms with Crippen LogP contribution in [0.25, 0.3) is 0 Å². The van der Waals surface area contributed by atoms with Crippen LogP contribution in [0.5, 0.6) is 0 Å². The molecule has 0 bridgehead atoms. The molecule has 4 nitrogen and oxygen atoms in total. The molecule has 1 fully saturated rings. The van der Waals surface area contributed by atoms with Gasteiger partial charge in [0.25, 0.3) is 0 Å². The Morgan fingerprint density at radius 1 is 1.24 bits per heavy atom. The van der Waals surface area contributed by atoms with Crippen LogP contribution in [0.2, 0.25) is 0 Å². The van der Waals surface area contributed by atoms with Crippen LogP contribution in [-0.4, -0.2) is 39.5 Å². The average Bonchev–Trinajstić information content (AvgIpc) is 2.46. The van der Waals surface area contributed by atoms with Gasteiger partial charge < -0.3 is 4.90 Å². The Hall–Kier alpha value is -0.430. The third kappa shape index (κ3) is 4.06. The second kappa shape index (κ2) is 6.77. The van der Waals surface area contributed by atoms with Crippen molar-refractivity contribution in [3.05, 3.63) is 28.7 Å². The number of halogens is 1. The Kier molecular flexibility index (Phi) is 5.46. The number of nitrogens with zero attached hydrogens (tertiary/aromatic N) is 1. The van der Waals surface area contributed by atoms with Crippen molar-refractivity contribution in [1.82, 2.24) is 9.62 Å². The third-order valence-corrected chi connectivity index (χ3v) is 6.32. The molecule has 6 heteroatoms. The molecule has 1 aliphatic rings. The molecule has 0 unspecified atom stereocenters. The van der Waals surface area contributed by atoms with Crippen LogP contribution in [0.4, 0.5) is 0 Å². The van der Waals surface area contributed by atoms with E-state index in [4.69, 9.17) is 0 Å². The van der Waals surface area contributed by atoms with Crippen LogP contribution in [-0.2, 0) is 10.0 Å². The van der Waals surface area contributed by atoms with E-state index in [2.05, 4.69) is 25.6 Å². The fourth-order valence-electron chi connectivity index (χ4n) is 2.94. The molecular weight excluding hydrogens is 352 g/mol. The monoisotopic (exact) mass is 374 g/mol. The Morgan fingerprint density at radius 3 is 2.48 bits per heavy atom. The summed E-state index contributed by atoms with van der Waals surface area (Å²) < 4.78 is 28.5. The van der Waals surface area contributed by atoms with Gasteiger partial charge in [0.15, 0.2) is 0 Å². The molecule has 1 aliphatic carbocycles. The number of benzene rings is 1. The van der Waals surface area contributed by atoms with Crippen molar-refractivity contribution >= 4 is 26.0 Å². The molecular formula is C15H23BrN2O2S. The molecule has 1 N–H and O–H groups in total. The fourth-order valence-corrected chi connectivity index (χ4v) is 4.65. The highest BCUT2D eigenvalue weighted by Gasteiger charge is 2.35. The topological polar surface area (TPSA) is 49.4 Å². The van der Waals surface area contributed by atoms with Gasteiger partial charge in [0.1, 0.15) is 0 Å². The largest absolute Gasteiger partial charge is 0.302 e. The standard InChI is InChI=1S/C15H23BrN2O2S/c1-18(2)15(9-4-3-5-10-15)12-17-21(19,20)14-8-6-7-13(16)11-14/h6-8,11,17H,3-5,9-10,12H2,1-2H3. The molecule has 21 heavy (non-hydrogen) atoms. The highest BCUT2D eigenvalue weighted by molar-refractivity contribution is 9.10. The van der Waals surface area contributed by atoms with Gasteiger partial charge in [-0.3, -0.25) is 0 Å². The zero-order chi connectivity index (χ0) is 15.5. The van der Waals surface area contributed by atoms with Crippen LogP contribution in [0.3, 0.4) is 0 Å². The maximum atomic E-state index is 12.4. The minimum Gasteiger partial charge on any atom is -0.302 e. The summed E-state index contributed by atoms with van der Waals surface area (Å²) in [6, 6.07) is 6.81. The summed E-state index contributed by atoms with van der Waals surface area (Å²) in [6.07, 6.45) is 5.66. The Morgan fingerprint density at radius 2 is 1.90 bits per heavy atom. The molecule has 0 radical (unpaired) electrons. The van der Waals surface area contributed by atoms with Crippen molar-refractivity contribution in [3.8, 4) is 0 Å². The number of rotatable bonds is 5. The number of hydrogen-bond donors (Lipinski definition) is 1. The summed E-state index contributed by atoms with van der Waals surface area (Å²) in [5.74, 6) is 0. The summed E-state index contributed by atoms with van der Waals surface area (Å²) >= 11 is 3.32. The lowest BCUT2D eigenvalue weighted by Gasteiger charge is -2.43. The van der Waals surface area contributed by atoms with Gasteiger partial charge in [0.05, 0.1) is 4.90 Å². The number of sulfonamides is 1. The average molecular weight is 375 g/mol. The molecule has 0 atom stereocenters. The van der Waals surface area contributed by atoms with E-state index in [1.54, 1.807) is 18.2 Å². The van der Waals surface area contributed by atoms with E-state index in [1.165, 1.54) is 6.42 Å². The van der Waals surface area contributed by atoms with E-state index in [9.17, 15) is 8.42 Å². The van der Waals surface area contributed by atoms with Crippen molar-refractivity contribution in [1.29, 1.82) is 0 Å². The van der Waals surface area contributed by atoms with E-state index in [1.807, 2.05) is 20.2 Å². The zero-order valence-corrected chi connectivity index (χ0v) is 15.0. The van der Waals surface area contributed by atoms with E-state index in [0.717, 1.165) is 30.2 Å². The smallest absolute Gasteiger partial charge is 0.240 e. The van der Waals surface area contributed by atoms with Gasteiger partial charge in [-0.1, -0.05) is 41.3 Å². The van der Waals surface area contributed by atoms with Crippen LogP contribution >= 0.6 is 15.9 Å². The molecule has 1 aromatic rings. The first kappa shape index (κ1) is 16.9. The van der Waals surface area contributed by atoms with Gasteiger partial charge in [-0.15, -0.1) is 0 Å². The maximum Gasteiger partial charge on any atom is 0.240 e. The van der Waals surface area contributed by atoms with Crippen molar-refractivity contribution in [2.24, 2.45) is 0 Å². The molecule has 1 saturated carbocycles. The van der Waals surface area contributed by atoms with Gasteiger partial charge in [-0.05, 0) is 45.1 Å². The van der Waals surface area contributed by atoms with Crippen LogP contribution < -0.4 is 4.72 Å². The van der Waals surface area contributed by atoms with Crippen LogP contribution in [0.15, 0.2) is 33.6 Å². The van der Waals surface area contributed by atoms with E-state index in [0.29, 0.717) is 11.4 Å². The van der Waals surface area contributed by atoms with Crippen molar-refractivity contribution in [2.45, 2.75) is 42.5 Å². The lowest BCUT2D eigenvalue weighted by Crippen LogP contribution is -2.53.